The van der Waals surface area contributed by atoms with Gasteiger partial charge in [0, 0.05) is 11.1 Å². The average Bonchev–Trinajstić information content (AvgIpc) is 2.92. The summed E-state index contributed by atoms with van der Waals surface area (Å²) in [6, 6.07) is 2.87. The van der Waals surface area contributed by atoms with E-state index in [1.54, 1.807) is 0 Å². The number of amides is 2. The second kappa shape index (κ2) is 7.51. The van der Waals surface area contributed by atoms with Gasteiger partial charge in [0.15, 0.2) is 5.69 Å². The topological polar surface area (TPSA) is 90.0 Å². The Hall–Kier alpha value is -2.69. The molecule has 2 amide bonds. The first-order chi connectivity index (χ1) is 12.4. The summed E-state index contributed by atoms with van der Waals surface area (Å²) < 4.78 is 63.9. The van der Waals surface area contributed by atoms with E-state index in [9.17, 15) is 31.5 Å². The lowest BCUT2D eigenvalue weighted by Gasteiger charge is -2.13. The van der Waals surface area contributed by atoms with Crippen molar-refractivity contribution in [2.45, 2.75) is 26.1 Å². The lowest BCUT2D eigenvalue weighted by Crippen LogP contribution is -2.23. The number of hydrogen-bond acceptors (Lipinski definition) is 3. The number of anilines is 1. The molecule has 0 unspecified atom stereocenters. The molecule has 3 N–H and O–H groups in total. The second-order valence-corrected chi connectivity index (χ2v) is 5.89. The number of aromatic nitrogens is 2. The van der Waals surface area contributed by atoms with Crippen molar-refractivity contribution in [3.05, 3.63) is 45.7 Å². The van der Waals surface area contributed by atoms with Crippen LogP contribution < -0.4 is 11.1 Å². The van der Waals surface area contributed by atoms with Gasteiger partial charge in [0.25, 0.3) is 18.2 Å². The molecular formula is C15H12ClF5N4O2. The summed E-state index contributed by atoms with van der Waals surface area (Å²) in [5.41, 5.74) is 2.95. The number of rotatable bonds is 5. The third kappa shape index (κ3) is 4.73. The van der Waals surface area contributed by atoms with Crippen LogP contribution in [0.15, 0.2) is 18.2 Å². The highest BCUT2D eigenvalue weighted by Crippen LogP contribution is 2.30. The fraction of sp³-hybridized carbons (Fsp3) is 0.267. The number of nitrogens with zero attached hydrogens (tertiary/aromatic N) is 2. The van der Waals surface area contributed by atoms with Gasteiger partial charge < -0.3 is 11.1 Å². The molecule has 146 valence electrons. The van der Waals surface area contributed by atoms with Crippen LogP contribution in [0.4, 0.5) is 27.6 Å². The minimum absolute atomic E-state index is 0.102. The van der Waals surface area contributed by atoms with Gasteiger partial charge in [0.1, 0.15) is 12.2 Å². The first-order valence-electron chi connectivity index (χ1n) is 7.24. The molecule has 2 rings (SSSR count). The van der Waals surface area contributed by atoms with Crippen LogP contribution in [0.25, 0.3) is 0 Å². The van der Waals surface area contributed by atoms with Crippen LogP contribution in [-0.4, -0.2) is 28.0 Å². The Bertz CT molecular complexity index is 895. The van der Waals surface area contributed by atoms with Crippen LogP contribution in [-0.2, 0) is 12.7 Å². The van der Waals surface area contributed by atoms with E-state index < -0.39 is 42.3 Å². The Morgan fingerprint density at radius 2 is 1.93 bits per heavy atom. The molecule has 0 bridgehead atoms. The smallest absolute Gasteiger partial charge is 0.366 e. The van der Waals surface area contributed by atoms with E-state index in [2.05, 4.69) is 10.4 Å². The molecule has 2 aromatic rings. The molecule has 0 aliphatic heterocycles. The fourth-order valence-corrected chi connectivity index (χ4v) is 2.56. The lowest BCUT2D eigenvalue weighted by atomic mass is 10.1. The molecule has 1 heterocycles. The summed E-state index contributed by atoms with van der Waals surface area (Å²) in [6.45, 7) is 0.243. The summed E-state index contributed by atoms with van der Waals surface area (Å²) >= 11 is 5.81. The number of hydrogen-bond donors (Lipinski definition) is 2. The zero-order chi connectivity index (χ0) is 20.5. The number of benzene rings is 1. The van der Waals surface area contributed by atoms with E-state index in [0.29, 0.717) is 11.6 Å². The summed E-state index contributed by atoms with van der Waals surface area (Å²) in [6.07, 6.45) is -7.98. The Kier molecular flexibility index (Phi) is 5.73. The van der Waals surface area contributed by atoms with E-state index in [4.69, 9.17) is 17.3 Å². The van der Waals surface area contributed by atoms with Gasteiger partial charge in [-0.15, -0.1) is 0 Å². The third-order valence-electron chi connectivity index (χ3n) is 3.42. The molecule has 0 fully saturated rings. The Morgan fingerprint density at radius 3 is 2.44 bits per heavy atom. The molecule has 0 radical (unpaired) electrons. The molecule has 0 atom stereocenters. The molecular weight excluding hydrogens is 399 g/mol. The van der Waals surface area contributed by atoms with Crippen molar-refractivity contribution in [3.8, 4) is 0 Å². The molecule has 27 heavy (non-hydrogen) atoms. The van der Waals surface area contributed by atoms with Gasteiger partial charge in [-0.05, 0) is 24.6 Å². The Balaban J connectivity index is 2.47. The first-order valence-corrected chi connectivity index (χ1v) is 7.62. The SMILES string of the molecule is Cc1cc(Cl)cc(C(N)=O)c1NC(=O)c1cc(C(F)(F)F)nn1CC(F)F. The van der Waals surface area contributed by atoms with Gasteiger partial charge in [-0.2, -0.15) is 18.3 Å². The van der Waals surface area contributed by atoms with E-state index in [-0.39, 0.29) is 21.0 Å². The van der Waals surface area contributed by atoms with Gasteiger partial charge in [-0.3, -0.25) is 14.3 Å². The second-order valence-electron chi connectivity index (χ2n) is 5.45. The maximum absolute atomic E-state index is 12.8. The zero-order valence-corrected chi connectivity index (χ0v) is 14.3. The number of carbonyl (C=O) groups excluding carboxylic acids is 2. The number of aryl methyl sites for hydroxylation is 1. The average molecular weight is 411 g/mol. The quantitative estimate of drug-likeness (QED) is 0.739. The molecule has 0 aliphatic rings. The van der Waals surface area contributed by atoms with Crippen LogP contribution in [0.3, 0.4) is 0 Å². The van der Waals surface area contributed by atoms with Crippen LogP contribution >= 0.6 is 11.6 Å². The number of primary amides is 1. The molecule has 6 nitrogen and oxygen atoms in total. The third-order valence-corrected chi connectivity index (χ3v) is 3.64. The maximum atomic E-state index is 12.8. The summed E-state index contributed by atoms with van der Waals surface area (Å²) in [7, 11) is 0. The Labute approximate surface area is 154 Å². The lowest BCUT2D eigenvalue weighted by molar-refractivity contribution is -0.141. The molecule has 12 heteroatoms. The largest absolute Gasteiger partial charge is 0.435 e. The normalized spacial score (nSPS) is 11.7. The minimum atomic E-state index is -4.93. The van der Waals surface area contributed by atoms with Crippen molar-refractivity contribution in [2.24, 2.45) is 5.73 Å². The standard InChI is InChI=1S/C15H12ClF5N4O2/c1-6-2-7(16)3-8(13(22)26)12(6)23-14(27)9-4-10(15(19,20)21)24-25(9)5-11(17)18/h2-4,11H,5H2,1H3,(H2,22,26)(H,23,27). The minimum Gasteiger partial charge on any atom is -0.366 e. The highest BCUT2D eigenvalue weighted by Gasteiger charge is 2.36. The van der Waals surface area contributed by atoms with Crippen LogP contribution in [0.1, 0.15) is 32.1 Å². The summed E-state index contributed by atoms with van der Waals surface area (Å²) in [5, 5.41) is 5.37. The highest BCUT2D eigenvalue weighted by atomic mass is 35.5. The van der Waals surface area contributed by atoms with Crippen molar-refractivity contribution in [1.82, 2.24) is 9.78 Å². The van der Waals surface area contributed by atoms with Crippen molar-refractivity contribution in [1.29, 1.82) is 0 Å². The fourth-order valence-electron chi connectivity index (χ4n) is 2.29. The van der Waals surface area contributed by atoms with Crippen LogP contribution in [0, 0.1) is 6.92 Å². The number of alkyl halides is 5. The van der Waals surface area contributed by atoms with Gasteiger partial charge >= 0.3 is 6.18 Å². The maximum Gasteiger partial charge on any atom is 0.435 e. The van der Waals surface area contributed by atoms with Gasteiger partial charge in [0.2, 0.25) is 0 Å². The predicted octanol–water partition coefficient (Wildman–Crippen LogP) is 3.48. The van der Waals surface area contributed by atoms with E-state index in [1.165, 1.54) is 13.0 Å². The molecule has 0 spiro atoms. The zero-order valence-electron chi connectivity index (χ0n) is 13.6. The highest BCUT2D eigenvalue weighted by molar-refractivity contribution is 6.31. The molecule has 1 aromatic heterocycles. The number of carbonyl (C=O) groups is 2. The van der Waals surface area contributed by atoms with Crippen LogP contribution in [0.2, 0.25) is 5.02 Å². The van der Waals surface area contributed by atoms with Crippen LogP contribution in [0.5, 0.6) is 0 Å². The molecule has 0 saturated heterocycles. The predicted molar refractivity (Wildman–Crippen MR) is 85.9 cm³/mol. The number of nitrogens with two attached hydrogens (primary N) is 1. The van der Waals surface area contributed by atoms with Gasteiger partial charge in [0.05, 0.1) is 11.3 Å². The summed E-state index contributed by atoms with van der Waals surface area (Å²) in [4.78, 5) is 23.9. The number of halogens is 6. The number of nitrogens with one attached hydrogen (secondary N) is 1. The van der Waals surface area contributed by atoms with Gasteiger partial charge in [-0.1, -0.05) is 11.6 Å². The first kappa shape index (κ1) is 20.6. The van der Waals surface area contributed by atoms with Crippen molar-refractivity contribution >= 4 is 29.1 Å². The summed E-state index contributed by atoms with van der Waals surface area (Å²) in [5.74, 6) is -2.13. The Morgan fingerprint density at radius 1 is 1.30 bits per heavy atom. The van der Waals surface area contributed by atoms with Crippen molar-refractivity contribution in [2.75, 3.05) is 5.32 Å². The molecule has 1 aromatic carbocycles. The monoisotopic (exact) mass is 410 g/mol. The van der Waals surface area contributed by atoms with E-state index in [0.717, 1.165) is 6.07 Å². The van der Waals surface area contributed by atoms with E-state index in [1.807, 2.05) is 0 Å². The van der Waals surface area contributed by atoms with E-state index >= 15 is 0 Å². The van der Waals surface area contributed by atoms with Crippen molar-refractivity contribution < 1.29 is 31.5 Å². The molecule has 0 aliphatic carbocycles. The van der Waals surface area contributed by atoms with Gasteiger partial charge in [-0.25, -0.2) is 8.78 Å². The van der Waals surface area contributed by atoms with Crippen molar-refractivity contribution in [3.63, 3.8) is 0 Å². The molecule has 0 saturated carbocycles.